The van der Waals surface area contributed by atoms with Gasteiger partial charge in [0.15, 0.2) is 0 Å². The highest BCUT2D eigenvalue weighted by atomic mass is 32.2. The fourth-order valence-corrected chi connectivity index (χ4v) is 6.13. The number of carbonyl (C=O) groups is 2. The van der Waals surface area contributed by atoms with Crippen molar-refractivity contribution in [2.24, 2.45) is 11.8 Å². The molecule has 2 saturated heterocycles. The van der Waals surface area contributed by atoms with Gasteiger partial charge in [0.25, 0.3) is 0 Å². The number of nitrogens with zero attached hydrogens (tertiary/aromatic N) is 2. The predicted molar refractivity (Wildman–Crippen MR) is 126 cm³/mol. The summed E-state index contributed by atoms with van der Waals surface area (Å²) in [5, 5.41) is 3.00. The molecule has 8 heteroatoms. The van der Waals surface area contributed by atoms with Crippen molar-refractivity contribution < 1.29 is 18.0 Å². The van der Waals surface area contributed by atoms with Crippen LogP contribution in [-0.4, -0.2) is 55.6 Å². The Balaban J connectivity index is 1.23. The molecule has 1 N–H and O–H groups in total. The van der Waals surface area contributed by atoms with Crippen LogP contribution in [0, 0.1) is 11.8 Å². The van der Waals surface area contributed by atoms with Gasteiger partial charge in [-0.2, -0.15) is 4.31 Å². The minimum absolute atomic E-state index is 0.0466. The summed E-state index contributed by atoms with van der Waals surface area (Å²) in [7, 11) is -3.51. The third kappa shape index (κ3) is 5.62. The lowest BCUT2D eigenvalue weighted by molar-refractivity contribution is -0.140. The summed E-state index contributed by atoms with van der Waals surface area (Å²) in [5.41, 5.74) is 1.07. The molecular weight excluding hydrogens is 438 g/mol. The predicted octanol–water partition coefficient (Wildman–Crippen LogP) is 2.64. The van der Waals surface area contributed by atoms with E-state index in [1.165, 1.54) is 4.31 Å². The summed E-state index contributed by atoms with van der Waals surface area (Å²) < 4.78 is 27.1. The maximum atomic E-state index is 13.0. The van der Waals surface area contributed by atoms with Crippen LogP contribution in [0.2, 0.25) is 0 Å². The van der Waals surface area contributed by atoms with Crippen molar-refractivity contribution in [3.05, 3.63) is 66.2 Å². The van der Waals surface area contributed by atoms with Crippen molar-refractivity contribution in [2.75, 3.05) is 26.2 Å². The fraction of sp³-hybridized carbons (Fsp3) is 0.440. The Kier molecular flexibility index (Phi) is 7.45. The molecule has 0 radical (unpaired) electrons. The average molecular weight is 470 g/mol. The number of sulfonamides is 1. The van der Waals surface area contributed by atoms with Crippen LogP contribution in [0.5, 0.6) is 0 Å². The third-order valence-electron chi connectivity index (χ3n) is 6.67. The van der Waals surface area contributed by atoms with Crippen LogP contribution in [0.25, 0.3) is 0 Å². The smallest absolute Gasteiger partial charge is 0.243 e. The quantitative estimate of drug-likeness (QED) is 0.705. The molecule has 7 nitrogen and oxygen atoms in total. The molecule has 0 bridgehead atoms. The topological polar surface area (TPSA) is 86.8 Å². The summed E-state index contributed by atoms with van der Waals surface area (Å²) in [6.07, 6.45) is 2.38. The van der Waals surface area contributed by atoms with Crippen LogP contribution in [0.1, 0.15) is 31.2 Å². The van der Waals surface area contributed by atoms with Crippen molar-refractivity contribution in [3.63, 3.8) is 0 Å². The van der Waals surface area contributed by atoms with E-state index < -0.39 is 10.0 Å². The highest BCUT2D eigenvalue weighted by Crippen LogP contribution is 2.27. The lowest BCUT2D eigenvalue weighted by Gasteiger charge is -2.36. The number of benzene rings is 2. The Hall–Kier alpha value is -2.71. The number of piperidine rings is 2. The first-order chi connectivity index (χ1) is 15.9. The van der Waals surface area contributed by atoms with E-state index in [-0.39, 0.29) is 23.7 Å². The highest BCUT2D eigenvalue weighted by molar-refractivity contribution is 7.89. The van der Waals surface area contributed by atoms with Gasteiger partial charge in [0.2, 0.25) is 21.8 Å². The van der Waals surface area contributed by atoms with Gasteiger partial charge in [-0.1, -0.05) is 48.5 Å². The van der Waals surface area contributed by atoms with E-state index in [2.05, 4.69) is 5.32 Å². The first-order valence-electron chi connectivity index (χ1n) is 11.6. The fourth-order valence-electron chi connectivity index (χ4n) is 4.63. The number of rotatable bonds is 6. The van der Waals surface area contributed by atoms with Crippen LogP contribution in [-0.2, 0) is 26.2 Å². The van der Waals surface area contributed by atoms with Gasteiger partial charge >= 0.3 is 0 Å². The number of hydrogen-bond donors (Lipinski definition) is 1. The molecule has 0 aromatic heterocycles. The second kappa shape index (κ2) is 10.5. The van der Waals surface area contributed by atoms with Gasteiger partial charge in [0, 0.05) is 44.6 Å². The minimum Gasteiger partial charge on any atom is -0.352 e. The van der Waals surface area contributed by atoms with Gasteiger partial charge in [-0.25, -0.2) is 8.42 Å². The van der Waals surface area contributed by atoms with Crippen molar-refractivity contribution in [3.8, 4) is 0 Å². The zero-order valence-electron chi connectivity index (χ0n) is 18.7. The standard InChI is InChI=1S/C25H31N3O4S/c29-24(26-19-20-7-3-1-4-8-20)21-11-15-27(16-12-21)25(30)22-13-17-28(18-14-22)33(31,32)23-9-5-2-6-10-23/h1-10,21-22H,11-19H2,(H,26,29). The molecule has 2 fully saturated rings. The number of likely N-dealkylation sites (tertiary alicyclic amines) is 1. The first-order valence-corrected chi connectivity index (χ1v) is 13.0. The molecule has 2 aliphatic heterocycles. The molecule has 2 amide bonds. The Morgan fingerprint density at radius 1 is 0.788 bits per heavy atom. The van der Waals surface area contributed by atoms with E-state index in [1.54, 1.807) is 30.3 Å². The summed E-state index contributed by atoms with van der Waals surface area (Å²) in [6.45, 7) is 2.37. The SMILES string of the molecule is O=C(NCc1ccccc1)C1CCN(C(=O)C2CCN(S(=O)(=O)c3ccccc3)CC2)CC1. The molecule has 4 rings (SSSR count). The molecule has 2 aromatic carbocycles. The molecular formula is C25H31N3O4S. The van der Waals surface area contributed by atoms with Crippen LogP contribution >= 0.6 is 0 Å². The summed E-state index contributed by atoms with van der Waals surface area (Å²) in [6, 6.07) is 18.3. The third-order valence-corrected chi connectivity index (χ3v) is 8.58. The number of carbonyl (C=O) groups excluding carboxylic acids is 2. The minimum atomic E-state index is -3.51. The molecule has 0 atom stereocenters. The molecule has 0 saturated carbocycles. The molecule has 176 valence electrons. The Bertz CT molecular complexity index is 1040. The second-order valence-electron chi connectivity index (χ2n) is 8.79. The van der Waals surface area contributed by atoms with Crippen LogP contribution in [0.3, 0.4) is 0 Å². The second-order valence-corrected chi connectivity index (χ2v) is 10.7. The van der Waals surface area contributed by atoms with E-state index in [1.807, 2.05) is 35.2 Å². The molecule has 2 aliphatic rings. The van der Waals surface area contributed by atoms with Gasteiger partial charge in [-0.15, -0.1) is 0 Å². The van der Waals surface area contributed by atoms with E-state index in [4.69, 9.17) is 0 Å². The van der Waals surface area contributed by atoms with Crippen molar-refractivity contribution in [1.82, 2.24) is 14.5 Å². The maximum absolute atomic E-state index is 13.0. The summed E-state index contributed by atoms with van der Waals surface area (Å²) in [4.78, 5) is 27.7. The molecule has 2 heterocycles. The van der Waals surface area contributed by atoms with Crippen molar-refractivity contribution >= 4 is 21.8 Å². The Morgan fingerprint density at radius 2 is 1.33 bits per heavy atom. The molecule has 2 aromatic rings. The number of amides is 2. The summed E-state index contributed by atoms with van der Waals surface area (Å²) in [5.74, 6) is -0.0911. The summed E-state index contributed by atoms with van der Waals surface area (Å²) >= 11 is 0. The molecule has 0 spiro atoms. The number of nitrogens with one attached hydrogen (secondary N) is 1. The Morgan fingerprint density at radius 3 is 1.94 bits per heavy atom. The average Bonchev–Trinajstić information content (AvgIpc) is 2.88. The van der Waals surface area contributed by atoms with E-state index >= 15 is 0 Å². The monoisotopic (exact) mass is 469 g/mol. The van der Waals surface area contributed by atoms with E-state index in [9.17, 15) is 18.0 Å². The van der Waals surface area contributed by atoms with Crippen LogP contribution in [0.15, 0.2) is 65.6 Å². The number of hydrogen-bond acceptors (Lipinski definition) is 4. The van der Waals surface area contributed by atoms with Gasteiger partial charge in [0.05, 0.1) is 4.90 Å². The first kappa shape index (κ1) is 23.4. The van der Waals surface area contributed by atoms with Gasteiger partial charge < -0.3 is 10.2 Å². The zero-order chi connectivity index (χ0) is 23.3. The maximum Gasteiger partial charge on any atom is 0.243 e. The lowest BCUT2D eigenvalue weighted by atomic mass is 9.92. The van der Waals surface area contributed by atoms with Gasteiger partial charge in [-0.05, 0) is 43.4 Å². The normalized spacial score (nSPS) is 18.7. The highest BCUT2D eigenvalue weighted by Gasteiger charge is 2.35. The Labute approximate surface area is 195 Å². The van der Waals surface area contributed by atoms with E-state index in [0.29, 0.717) is 63.3 Å². The van der Waals surface area contributed by atoms with Crippen molar-refractivity contribution in [1.29, 1.82) is 0 Å². The molecule has 33 heavy (non-hydrogen) atoms. The van der Waals surface area contributed by atoms with Crippen molar-refractivity contribution in [2.45, 2.75) is 37.1 Å². The molecule has 0 unspecified atom stereocenters. The zero-order valence-corrected chi connectivity index (χ0v) is 19.5. The van der Waals surface area contributed by atoms with Gasteiger partial charge in [0.1, 0.15) is 0 Å². The largest absolute Gasteiger partial charge is 0.352 e. The van der Waals surface area contributed by atoms with Crippen LogP contribution < -0.4 is 5.32 Å². The van der Waals surface area contributed by atoms with Gasteiger partial charge in [-0.3, -0.25) is 9.59 Å². The lowest BCUT2D eigenvalue weighted by Crippen LogP contribution is -2.48. The molecule has 0 aliphatic carbocycles. The van der Waals surface area contributed by atoms with E-state index in [0.717, 1.165) is 5.56 Å². The van der Waals surface area contributed by atoms with Crippen LogP contribution in [0.4, 0.5) is 0 Å².